The van der Waals surface area contributed by atoms with Gasteiger partial charge in [0.2, 0.25) is 5.91 Å². The van der Waals surface area contributed by atoms with E-state index in [1.807, 2.05) is 4.90 Å². The molecule has 308 valence electrons. The van der Waals surface area contributed by atoms with Crippen molar-refractivity contribution in [1.82, 2.24) is 9.80 Å². The second-order valence-electron chi connectivity index (χ2n) is 16.3. The first-order valence-electron chi connectivity index (χ1n) is 22.5. The van der Waals surface area contributed by atoms with Crippen molar-refractivity contribution in [1.29, 1.82) is 0 Å². The molecule has 0 spiro atoms. The molecule has 3 N–H and O–H groups in total. The molecule has 1 aliphatic heterocycles. The molecular weight excluding hydrogens is 652 g/mol. The summed E-state index contributed by atoms with van der Waals surface area (Å²) in [5, 5.41) is 32.2. The quantitative estimate of drug-likeness (QED) is 0.0434. The summed E-state index contributed by atoms with van der Waals surface area (Å²) in [7, 11) is 0. The zero-order valence-corrected chi connectivity index (χ0v) is 34.7. The molecule has 0 bridgehead atoms. The molecule has 1 rings (SSSR count). The number of carbonyl (C=O) groups excluding carboxylic acids is 2. The van der Waals surface area contributed by atoms with E-state index >= 15 is 0 Å². The molecule has 0 aliphatic carbocycles. The Bertz CT molecular complexity index is 842. The molecule has 8 heteroatoms. The van der Waals surface area contributed by atoms with Crippen molar-refractivity contribution in [3.63, 3.8) is 0 Å². The summed E-state index contributed by atoms with van der Waals surface area (Å²) < 4.78 is 5.95. The molecule has 1 amide bonds. The van der Waals surface area contributed by atoms with E-state index in [4.69, 9.17) is 4.74 Å². The van der Waals surface area contributed by atoms with E-state index in [0.29, 0.717) is 25.9 Å². The van der Waals surface area contributed by atoms with Gasteiger partial charge in [-0.1, -0.05) is 175 Å². The summed E-state index contributed by atoms with van der Waals surface area (Å²) in [5.41, 5.74) is 0. The van der Waals surface area contributed by atoms with Gasteiger partial charge in [0.05, 0.1) is 24.7 Å². The van der Waals surface area contributed by atoms with E-state index in [0.717, 1.165) is 51.4 Å². The first kappa shape index (κ1) is 48.8. The van der Waals surface area contributed by atoms with Gasteiger partial charge >= 0.3 is 5.97 Å². The zero-order chi connectivity index (χ0) is 38.2. The highest BCUT2D eigenvalue weighted by molar-refractivity contribution is 5.86. The van der Waals surface area contributed by atoms with E-state index in [1.165, 1.54) is 120 Å². The lowest BCUT2D eigenvalue weighted by atomic mass is 10.0. The molecule has 0 aromatic carbocycles. The molecular formula is C44H86N2O6. The van der Waals surface area contributed by atoms with Crippen molar-refractivity contribution in [3.05, 3.63) is 0 Å². The number of ether oxygens (including phenoxy) is 1. The number of aliphatic hydroxyl groups excluding tert-OH is 3. The van der Waals surface area contributed by atoms with Crippen LogP contribution in [0.4, 0.5) is 0 Å². The summed E-state index contributed by atoms with van der Waals surface area (Å²) in [5.74, 6) is -0.659. The molecule has 0 aromatic heterocycles. The van der Waals surface area contributed by atoms with Gasteiger partial charge in [0.15, 0.2) is 0 Å². The standard InChI is InChI=1S/C44H86N2O6/c1-5-8-11-14-17-20-22-25-27-30-39(48)35-45-37-41(32-29-26-23-19-16-13-10-7-3)52-44(51)42(45)33-43(50)46(34-38(4)47)36-40(49)31-28-24-21-18-15-12-9-6-2/h38-42,47-49H,5-37H2,1-4H3. The highest BCUT2D eigenvalue weighted by Gasteiger charge is 2.39. The van der Waals surface area contributed by atoms with Gasteiger partial charge in [-0.15, -0.1) is 0 Å². The molecule has 1 heterocycles. The van der Waals surface area contributed by atoms with Gasteiger partial charge in [-0.2, -0.15) is 0 Å². The minimum absolute atomic E-state index is 0.0781. The van der Waals surface area contributed by atoms with Gasteiger partial charge in [-0.3, -0.25) is 14.5 Å². The fraction of sp³-hybridized carbons (Fsp3) is 0.955. The predicted octanol–water partition coefficient (Wildman–Crippen LogP) is 9.89. The summed E-state index contributed by atoms with van der Waals surface area (Å²) >= 11 is 0. The van der Waals surface area contributed by atoms with E-state index in [1.54, 1.807) is 6.92 Å². The molecule has 5 atom stereocenters. The molecule has 0 aromatic rings. The maximum atomic E-state index is 13.7. The third-order valence-electron chi connectivity index (χ3n) is 10.9. The minimum Gasteiger partial charge on any atom is -0.460 e. The summed E-state index contributed by atoms with van der Waals surface area (Å²) in [6.07, 6.45) is 30.0. The molecule has 0 radical (unpaired) electrons. The van der Waals surface area contributed by atoms with E-state index < -0.39 is 30.3 Å². The highest BCUT2D eigenvalue weighted by Crippen LogP contribution is 2.23. The smallest absolute Gasteiger partial charge is 0.324 e. The van der Waals surface area contributed by atoms with Gasteiger partial charge in [0.1, 0.15) is 12.1 Å². The number of aliphatic hydroxyl groups is 3. The monoisotopic (exact) mass is 739 g/mol. The Morgan fingerprint density at radius 3 is 1.54 bits per heavy atom. The average molecular weight is 739 g/mol. The SMILES string of the molecule is CCCCCCCCCCCC(O)CN1CC(CCCCCCCCCC)OC(=O)C1CC(=O)N(CC(C)O)CC(O)CCCCCCCCCC. The molecule has 1 fully saturated rings. The van der Waals surface area contributed by atoms with E-state index in [9.17, 15) is 24.9 Å². The Balaban J connectivity index is 2.75. The third-order valence-corrected chi connectivity index (χ3v) is 10.9. The van der Waals surface area contributed by atoms with Crippen molar-refractivity contribution in [3.8, 4) is 0 Å². The Morgan fingerprint density at radius 2 is 1.08 bits per heavy atom. The lowest BCUT2D eigenvalue weighted by molar-refractivity contribution is -0.170. The van der Waals surface area contributed by atoms with Crippen molar-refractivity contribution < 1.29 is 29.6 Å². The van der Waals surface area contributed by atoms with Crippen LogP contribution >= 0.6 is 0 Å². The van der Waals surface area contributed by atoms with E-state index in [-0.39, 0.29) is 31.5 Å². The predicted molar refractivity (Wildman–Crippen MR) is 216 cm³/mol. The summed E-state index contributed by atoms with van der Waals surface area (Å²) in [6, 6.07) is -0.776. The zero-order valence-electron chi connectivity index (χ0n) is 34.7. The lowest BCUT2D eigenvalue weighted by Crippen LogP contribution is -2.56. The number of hydrogen-bond donors (Lipinski definition) is 3. The number of esters is 1. The number of carbonyl (C=O) groups is 2. The Kier molecular flexibility index (Phi) is 31.1. The summed E-state index contributed by atoms with van der Waals surface area (Å²) in [6.45, 7) is 9.46. The van der Waals surface area contributed by atoms with Crippen LogP contribution < -0.4 is 0 Å². The van der Waals surface area contributed by atoms with Crippen LogP contribution in [0.25, 0.3) is 0 Å². The first-order valence-corrected chi connectivity index (χ1v) is 22.5. The van der Waals surface area contributed by atoms with Crippen LogP contribution in [0.5, 0.6) is 0 Å². The van der Waals surface area contributed by atoms with Crippen LogP contribution in [0.1, 0.15) is 214 Å². The van der Waals surface area contributed by atoms with Crippen LogP contribution in [-0.2, 0) is 14.3 Å². The number of rotatable bonds is 36. The van der Waals surface area contributed by atoms with Crippen LogP contribution in [0, 0.1) is 0 Å². The topological polar surface area (TPSA) is 111 Å². The first-order chi connectivity index (χ1) is 25.2. The number of morpholine rings is 1. The van der Waals surface area contributed by atoms with Gasteiger partial charge in [0.25, 0.3) is 0 Å². The lowest BCUT2D eigenvalue weighted by Gasteiger charge is -2.40. The Labute approximate surface area is 321 Å². The van der Waals surface area contributed by atoms with Crippen LogP contribution in [0.3, 0.4) is 0 Å². The van der Waals surface area contributed by atoms with Crippen molar-refractivity contribution in [2.75, 3.05) is 26.2 Å². The number of cyclic esters (lactones) is 1. The number of amides is 1. The van der Waals surface area contributed by atoms with E-state index in [2.05, 4.69) is 20.8 Å². The molecule has 5 unspecified atom stereocenters. The fourth-order valence-corrected chi connectivity index (χ4v) is 7.69. The summed E-state index contributed by atoms with van der Waals surface area (Å²) in [4.78, 5) is 30.8. The van der Waals surface area contributed by atoms with Crippen LogP contribution in [-0.4, -0.2) is 93.6 Å². The number of unbranched alkanes of at least 4 members (excludes halogenated alkanes) is 22. The highest BCUT2D eigenvalue weighted by atomic mass is 16.5. The number of hydrogen-bond acceptors (Lipinski definition) is 7. The van der Waals surface area contributed by atoms with Gasteiger partial charge < -0.3 is 25.0 Å². The van der Waals surface area contributed by atoms with Crippen molar-refractivity contribution in [2.24, 2.45) is 0 Å². The fourth-order valence-electron chi connectivity index (χ4n) is 7.69. The van der Waals surface area contributed by atoms with Crippen molar-refractivity contribution >= 4 is 11.9 Å². The Morgan fingerprint density at radius 1 is 0.654 bits per heavy atom. The van der Waals surface area contributed by atoms with Gasteiger partial charge in [-0.25, -0.2) is 0 Å². The van der Waals surface area contributed by atoms with Crippen LogP contribution in [0.15, 0.2) is 0 Å². The minimum atomic E-state index is -0.776. The third kappa shape index (κ3) is 25.7. The molecule has 1 saturated heterocycles. The maximum absolute atomic E-state index is 13.7. The molecule has 8 nitrogen and oxygen atoms in total. The maximum Gasteiger partial charge on any atom is 0.324 e. The normalized spacial score (nSPS) is 18.3. The Hall–Kier alpha value is -1.22. The number of β-amino-alcohol motifs (C(OH)–C–C–N with tert-alkyl or cyclic N) is 1. The molecule has 1 aliphatic rings. The molecule has 0 saturated carbocycles. The second kappa shape index (κ2) is 33.1. The van der Waals surface area contributed by atoms with Crippen molar-refractivity contribution in [2.45, 2.75) is 244 Å². The van der Waals surface area contributed by atoms with Crippen LogP contribution in [0.2, 0.25) is 0 Å². The largest absolute Gasteiger partial charge is 0.460 e. The van der Waals surface area contributed by atoms with Gasteiger partial charge in [-0.05, 0) is 32.6 Å². The number of nitrogens with zero attached hydrogens (tertiary/aromatic N) is 2. The van der Waals surface area contributed by atoms with Gasteiger partial charge in [0, 0.05) is 26.2 Å². The average Bonchev–Trinajstić information content (AvgIpc) is 3.10. The second-order valence-corrected chi connectivity index (χ2v) is 16.3. The molecule has 52 heavy (non-hydrogen) atoms.